The first-order valence-electron chi connectivity index (χ1n) is 21.0. The smallest absolute Gasteiger partial charge is 0.462 e. The maximum absolute atomic E-state index is 12.4. The standard InChI is InChI=1S/C45H75O9P/c1-3-5-7-8-9-10-11-12-13-14-15-16-17-18-22-25-28-31-34-38-44(47)52-40-43(41-53-55(49,50)51)54-45(48)39-35-32-29-26-23-20-19-21-24-27-30-33-37-42(46)36-6-4-2/h6,9-10,12-13,19-20,24,26-27,29-30,33,36,42-43,46H,3-5,7-8,11,14-18,21-23,25,28,31-32,34-35,37-41H2,1-2H3,(H2,49,50,51)/b10-9-,13-12-,20-19-,27-24-,29-26-,33-30+,36-6-/t42?,43-/m1/s1. The minimum atomic E-state index is -4.79. The maximum Gasteiger partial charge on any atom is 0.469 e. The van der Waals surface area contributed by atoms with Crippen LogP contribution in [0.2, 0.25) is 0 Å². The molecule has 0 aliphatic heterocycles. The molecule has 0 heterocycles. The highest BCUT2D eigenvalue weighted by Crippen LogP contribution is 2.36. The third-order valence-electron chi connectivity index (χ3n) is 8.47. The normalized spacial score (nSPS) is 13.9. The van der Waals surface area contributed by atoms with E-state index in [4.69, 9.17) is 19.3 Å². The van der Waals surface area contributed by atoms with Crippen molar-refractivity contribution in [2.24, 2.45) is 0 Å². The van der Waals surface area contributed by atoms with Crippen LogP contribution in [0.3, 0.4) is 0 Å². The van der Waals surface area contributed by atoms with Gasteiger partial charge in [-0.2, -0.15) is 0 Å². The number of hydrogen-bond donors (Lipinski definition) is 3. The molecule has 0 rings (SSSR count). The molecule has 0 aliphatic carbocycles. The van der Waals surface area contributed by atoms with Crippen LogP contribution in [-0.4, -0.2) is 52.3 Å². The zero-order valence-electron chi connectivity index (χ0n) is 34.2. The van der Waals surface area contributed by atoms with Crippen LogP contribution in [0.1, 0.15) is 162 Å². The van der Waals surface area contributed by atoms with E-state index in [-0.39, 0.29) is 19.4 Å². The Bertz CT molecular complexity index is 1180. The number of unbranched alkanes of at least 4 members (excludes halogenated alkanes) is 13. The predicted octanol–water partition coefficient (Wildman–Crippen LogP) is 11.8. The van der Waals surface area contributed by atoms with Gasteiger partial charge in [0.05, 0.1) is 12.7 Å². The molecule has 10 heteroatoms. The van der Waals surface area contributed by atoms with E-state index in [1.807, 2.05) is 55.5 Å². The average molecular weight is 791 g/mol. The first-order chi connectivity index (χ1) is 26.7. The van der Waals surface area contributed by atoms with Gasteiger partial charge in [-0.15, -0.1) is 0 Å². The molecular formula is C45H75O9P. The summed E-state index contributed by atoms with van der Waals surface area (Å²) in [5.74, 6) is -0.988. The van der Waals surface area contributed by atoms with Crippen molar-refractivity contribution in [1.82, 2.24) is 0 Å². The van der Waals surface area contributed by atoms with Crippen molar-refractivity contribution in [1.29, 1.82) is 0 Å². The van der Waals surface area contributed by atoms with Crippen LogP contribution >= 0.6 is 7.82 Å². The number of phosphoric ester groups is 1. The number of ether oxygens (including phenoxy) is 2. The number of carbonyl (C=O) groups excluding carboxylic acids is 2. The molecule has 0 aromatic rings. The Morgan fingerprint density at radius 1 is 0.582 bits per heavy atom. The highest BCUT2D eigenvalue weighted by Gasteiger charge is 2.22. The monoisotopic (exact) mass is 791 g/mol. The van der Waals surface area contributed by atoms with Crippen molar-refractivity contribution >= 4 is 19.8 Å². The number of aliphatic hydroxyl groups is 1. The van der Waals surface area contributed by atoms with Gasteiger partial charge in [-0.1, -0.05) is 157 Å². The van der Waals surface area contributed by atoms with Crippen molar-refractivity contribution in [2.45, 2.75) is 174 Å². The molecule has 0 saturated carbocycles. The lowest BCUT2D eigenvalue weighted by Crippen LogP contribution is -2.29. The number of phosphoric acid groups is 1. The summed E-state index contributed by atoms with van der Waals surface area (Å²) in [6.07, 6.45) is 49.3. The van der Waals surface area contributed by atoms with E-state index in [0.717, 1.165) is 51.4 Å². The molecule has 9 nitrogen and oxygen atoms in total. The molecule has 0 aromatic carbocycles. The lowest BCUT2D eigenvalue weighted by molar-refractivity contribution is -0.161. The fourth-order valence-electron chi connectivity index (χ4n) is 5.34. The molecule has 0 aromatic heterocycles. The molecule has 0 spiro atoms. The lowest BCUT2D eigenvalue weighted by Gasteiger charge is -2.18. The number of carbonyl (C=O) groups is 2. The van der Waals surface area contributed by atoms with Crippen molar-refractivity contribution in [3.8, 4) is 0 Å². The maximum atomic E-state index is 12.4. The van der Waals surface area contributed by atoms with E-state index in [1.165, 1.54) is 57.8 Å². The van der Waals surface area contributed by atoms with Gasteiger partial charge in [0.25, 0.3) is 0 Å². The lowest BCUT2D eigenvalue weighted by atomic mass is 10.1. The van der Waals surface area contributed by atoms with Gasteiger partial charge in [0.15, 0.2) is 6.10 Å². The first-order valence-corrected chi connectivity index (χ1v) is 22.5. The van der Waals surface area contributed by atoms with Crippen molar-refractivity contribution in [2.75, 3.05) is 13.2 Å². The quantitative estimate of drug-likeness (QED) is 0.0184. The highest BCUT2D eigenvalue weighted by molar-refractivity contribution is 7.46. The summed E-state index contributed by atoms with van der Waals surface area (Å²) in [7, 11) is -4.79. The Kier molecular flexibility index (Phi) is 37.4. The van der Waals surface area contributed by atoms with Crippen molar-refractivity contribution in [3.05, 3.63) is 85.1 Å². The van der Waals surface area contributed by atoms with Crippen LogP contribution < -0.4 is 0 Å². The fraction of sp³-hybridized carbons (Fsp3) is 0.644. The van der Waals surface area contributed by atoms with Crippen LogP contribution in [0.15, 0.2) is 85.1 Å². The summed E-state index contributed by atoms with van der Waals surface area (Å²) in [5.41, 5.74) is 0. The molecule has 314 valence electrons. The van der Waals surface area contributed by atoms with Gasteiger partial charge in [0.2, 0.25) is 0 Å². The Morgan fingerprint density at radius 2 is 1.09 bits per heavy atom. The van der Waals surface area contributed by atoms with Gasteiger partial charge in [0, 0.05) is 12.8 Å². The minimum absolute atomic E-state index is 0.111. The largest absolute Gasteiger partial charge is 0.469 e. The molecule has 2 atom stereocenters. The third kappa shape index (κ3) is 42.2. The second-order valence-corrected chi connectivity index (χ2v) is 15.0. The van der Waals surface area contributed by atoms with Gasteiger partial charge >= 0.3 is 19.8 Å². The number of allylic oxidation sites excluding steroid dienone is 12. The second-order valence-electron chi connectivity index (χ2n) is 13.8. The van der Waals surface area contributed by atoms with Gasteiger partial charge in [-0.25, -0.2) is 4.57 Å². The van der Waals surface area contributed by atoms with Crippen LogP contribution in [-0.2, 0) is 28.2 Å². The molecule has 3 N–H and O–H groups in total. The van der Waals surface area contributed by atoms with Crippen LogP contribution in [0, 0.1) is 0 Å². The topological polar surface area (TPSA) is 140 Å². The molecule has 0 bridgehead atoms. The number of esters is 2. The minimum Gasteiger partial charge on any atom is -0.462 e. The summed E-state index contributed by atoms with van der Waals surface area (Å²) in [5, 5.41) is 9.74. The first kappa shape index (κ1) is 52.2. The SMILES string of the molecule is CC/C=C\C(O)C/C=C/C=C\C/C=C\C/C=C\CCCC(=O)O[C@H](COC(=O)CCCCCCCCCCC/C=C\C/C=C\CCCCC)COP(=O)(O)O. The van der Waals surface area contributed by atoms with Crippen LogP contribution in [0.4, 0.5) is 0 Å². The van der Waals surface area contributed by atoms with Crippen molar-refractivity contribution in [3.63, 3.8) is 0 Å². The Balaban J connectivity index is 4.06. The molecule has 0 aliphatic rings. The van der Waals surface area contributed by atoms with Crippen molar-refractivity contribution < 1.29 is 43.0 Å². The molecule has 55 heavy (non-hydrogen) atoms. The fourth-order valence-corrected chi connectivity index (χ4v) is 5.70. The van der Waals surface area contributed by atoms with E-state index in [9.17, 15) is 19.3 Å². The molecular weight excluding hydrogens is 715 g/mol. The summed E-state index contributed by atoms with van der Waals surface area (Å²) < 4.78 is 26.3. The van der Waals surface area contributed by atoms with Gasteiger partial charge in [0.1, 0.15) is 6.61 Å². The molecule has 0 amide bonds. The molecule has 1 unspecified atom stereocenters. The number of aliphatic hydroxyl groups excluding tert-OH is 1. The Morgan fingerprint density at radius 3 is 1.69 bits per heavy atom. The summed E-state index contributed by atoms with van der Waals surface area (Å²) in [4.78, 5) is 42.8. The Labute approximate surface area is 334 Å². The van der Waals surface area contributed by atoms with Crippen LogP contribution in [0.25, 0.3) is 0 Å². The highest BCUT2D eigenvalue weighted by atomic mass is 31.2. The molecule has 0 saturated heterocycles. The zero-order valence-corrected chi connectivity index (χ0v) is 35.0. The van der Waals surface area contributed by atoms with Gasteiger partial charge < -0.3 is 24.4 Å². The average Bonchev–Trinajstić information content (AvgIpc) is 3.15. The van der Waals surface area contributed by atoms with E-state index >= 15 is 0 Å². The number of rotatable bonds is 37. The summed E-state index contributed by atoms with van der Waals surface area (Å²) >= 11 is 0. The summed E-state index contributed by atoms with van der Waals surface area (Å²) in [6.45, 7) is 3.36. The predicted molar refractivity (Wildman–Crippen MR) is 226 cm³/mol. The van der Waals surface area contributed by atoms with E-state index in [1.54, 1.807) is 0 Å². The number of hydrogen-bond acceptors (Lipinski definition) is 7. The van der Waals surface area contributed by atoms with Gasteiger partial charge in [-0.3, -0.25) is 14.1 Å². The van der Waals surface area contributed by atoms with E-state index in [2.05, 4.69) is 47.9 Å². The molecule has 0 fully saturated rings. The second kappa shape index (κ2) is 39.4. The molecule has 0 radical (unpaired) electrons. The van der Waals surface area contributed by atoms with Crippen LogP contribution in [0.5, 0.6) is 0 Å². The van der Waals surface area contributed by atoms with Gasteiger partial charge in [-0.05, 0) is 77.0 Å². The van der Waals surface area contributed by atoms with E-state index in [0.29, 0.717) is 25.7 Å². The Hall–Kier alpha value is -2.81. The van der Waals surface area contributed by atoms with E-state index < -0.39 is 38.6 Å². The summed E-state index contributed by atoms with van der Waals surface area (Å²) in [6, 6.07) is 0. The third-order valence-corrected chi connectivity index (χ3v) is 8.96. The zero-order chi connectivity index (χ0) is 40.5.